The van der Waals surface area contributed by atoms with Gasteiger partial charge in [-0.05, 0) is 31.5 Å². The van der Waals surface area contributed by atoms with Crippen LogP contribution < -0.4 is 10.5 Å². The molecule has 0 atom stereocenters. The van der Waals surface area contributed by atoms with Gasteiger partial charge in [-0.3, -0.25) is 0 Å². The maximum atomic E-state index is 5.64. The highest BCUT2D eigenvalue weighted by atomic mass is 16.5. The van der Waals surface area contributed by atoms with E-state index in [1.165, 1.54) is 5.56 Å². The Kier molecular flexibility index (Phi) is 3.72. The molecule has 0 fully saturated rings. The summed E-state index contributed by atoms with van der Waals surface area (Å²) in [5, 5.41) is 0. The van der Waals surface area contributed by atoms with E-state index in [1.54, 1.807) is 7.11 Å². The number of hydrogen-bond acceptors (Lipinski definition) is 3. The van der Waals surface area contributed by atoms with E-state index in [0.29, 0.717) is 6.54 Å². The molecule has 1 heterocycles. The van der Waals surface area contributed by atoms with Gasteiger partial charge in [0.1, 0.15) is 17.3 Å². The number of furan rings is 1. The van der Waals surface area contributed by atoms with Crippen molar-refractivity contribution in [3.8, 4) is 5.75 Å². The Balaban J connectivity index is 2.32. The quantitative estimate of drug-likeness (QED) is 0.901. The summed E-state index contributed by atoms with van der Waals surface area (Å²) in [7, 11) is 1.70. The van der Waals surface area contributed by atoms with Crippen molar-refractivity contribution in [2.45, 2.75) is 26.8 Å². The number of aryl methyl sites for hydroxylation is 2. The summed E-state index contributed by atoms with van der Waals surface area (Å²) in [6.07, 6.45) is 0.728. The summed E-state index contributed by atoms with van der Waals surface area (Å²) in [5.41, 5.74) is 9.07. The Hall–Kier alpha value is -1.74. The largest absolute Gasteiger partial charge is 0.496 e. The van der Waals surface area contributed by atoms with Crippen LogP contribution in [0.2, 0.25) is 0 Å². The fourth-order valence-corrected chi connectivity index (χ4v) is 2.28. The third kappa shape index (κ3) is 2.57. The first-order valence-electron chi connectivity index (χ1n) is 6.05. The van der Waals surface area contributed by atoms with Gasteiger partial charge in [-0.1, -0.05) is 17.7 Å². The molecule has 3 nitrogen and oxygen atoms in total. The maximum absolute atomic E-state index is 5.64. The number of rotatable bonds is 4. The molecular formula is C15H19NO2. The molecule has 0 saturated heterocycles. The molecule has 96 valence electrons. The van der Waals surface area contributed by atoms with Gasteiger partial charge >= 0.3 is 0 Å². The van der Waals surface area contributed by atoms with Gasteiger partial charge in [0.25, 0.3) is 0 Å². The van der Waals surface area contributed by atoms with Gasteiger partial charge in [0, 0.05) is 12.0 Å². The highest BCUT2D eigenvalue weighted by molar-refractivity contribution is 5.45. The minimum absolute atomic E-state index is 0.435. The van der Waals surface area contributed by atoms with Crippen molar-refractivity contribution in [1.29, 1.82) is 0 Å². The Bertz CT molecular complexity index is 543. The molecule has 0 amide bonds. The first-order chi connectivity index (χ1) is 8.63. The van der Waals surface area contributed by atoms with Gasteiger partial charge in [0.2, 0.25) is 0 Å². The van der Waals surface area contributed by atoms with Crippen molar-refractivity contribution in [3.63, 3.8) is 0 Å². The molecule has 0 aliphatic heterocycles. The van der Waals surface area contributed by atoms with E-state index in [9.17, 15) is 0 Å². The van der Waals surface area contributed by atoms with E-state index in [-0.39, 0.29) is 0 Å². The van der Waals surface area contributed by atoms with Crippen LogP contribution in [0.3, 0.4) is 0 Å². The van der Waals surface area contributed by atoms with Crippen molar-refractivity contribution in [3.05, 3.63) is 52.5 Å². The highest BCUT2D eigenvalue weighted by Gasteiger charge is 2.10. The second kappa shape index (κ2) is 5.27. The molecule has 0 aliphatic carbocycles. The van der Waals surface area contributed by atoms with Crippen LogP contribution in [0.4, 0.5) is 0 Å². The first-order valence-corrected chi connectivity index (χ1v) is 6.05. The summed E-state index contributed by atoms with van der Waals surface area (Å²) >= 11 is 0. The SMILES string of the molecule is COc1c(C)cc(C)cc1Cc1ccc(CN)o1. The van der Waals surface area contributed by atoms with Gasteiger partial charge in [0.15, 0.2) is 0 Å². The average Bonchev–Trinajstić information content (AvgIpc) is 2.76. The normalized spacial score (nSPS) is 10.7. The maximum Gasteiger partial charge on any atom is 0.125 e. The molecule has 0 spiro atoms. The van der Waals surface area contributed by atoms with Crippen LogP contribution in [0.1, 0.15) is 28.2 Å². The number of ether oxygens (including phenoxy) is 1. The minimum Gasteiger partial charge on any atom is -0.496 e. The molecule has 0 bridgehead atoms. The number of methoxy groups -OCH3 is 1. The zero-order chi connectivity index (χ0) is 13.1. The van der Waals surface area contributed by atoms with Crippen molar-refractivity contribution in [2.24, 2.45) is 5.73 Å². The second-order valence-corrected chi connectivity index (χ2v) is 4.52. The lowest BCUT2D eigenvalue weighted by Crippen LogP contribution is -1.97. The highest BCUT2D eigenvalue weighted by Crippen LogP contribution is 2.27. The lowest BCUT2D eigenvalue weighted by Gasteiger charge is -2.11. The molecule has 1 aromatic carbocycles. The lowest BCUT2D eigenvalue weighted by atomic mass is 10.0. The monoisotopic (exact) mass is 245 g/mol. The Morgan fingerprint density at radius 3 is 2.50 bits per heavy atom. The van der Waals surface area contributed by atoms with Crippen LogP contribution in [0.5, 0.6) is 5.75 Å². The van der Waals surface area contributed by atoms with E-state index in [0.717, 1.165) is 34.8 Å². The lowest BCUT2D eigenvalue weighted by molar-refractivity contribution is 0.404. The van der Waals surface area contributed by atoms with Crippen molar-refractivity contribution < 1.29 is 9.15 Å². The molecule has 2 aromatic rings. The standard InChI is InChI=1S/C15H19NO2/c1-10-6-11(2)15(17-3)12(7-10)8-13-4-5-14(9-16)18-13/h4-7H,8-9,16H2,1-3H3. The van der Waals surface area contributed by atoms with Crippen LogP contribution >= 0.6 is 0 Å². The minimum atomic E-state index is 0.435. The van der Waals surface area contributed by atoms with E-state index >= 15 is 0 Å². The topological polar surface area (TPSA) is 48.4 Å². The predicted octanol–water partition coefficient (Wildman–Crippen LogP) is 2.95. The van der Waals surface area contributed by atoms with Gasteiger partial charge < -0.3 is 14.9 Å². The molecule has 3 heteroatoms. The van der Waals surface area contributed by atoms with Crippen molar-refractivity contribution in [2.75, 3.05) is 7.11 Å². The molecular weight excluding hydrogens is 226 g/mol. The number of nitrogens with two attached hydrogens (primary N) is 1. The third-order valence-electron chi connectivity index (χ3n) is 2.98. The fraction of sp³-hybridized carbons (Fsp3) is 0.333. The Labute approximate surface area is 108 Å². The summed E-state index contributed by atoms with van der Waals surface area (Å²) in [4.78, 5) is 0. The van der Waals surface area contributed by atoms with E-state index in [4.69, 9.17) is 14.9 Å². The van der Waals surface area contributed by atoms with Crippen LogP contribution in [-0.4, -0.2) is 7.11 Å². The molecule has 2 N–H and O–H groups in total. The average molecular weight is 245 g/mol. The van der Waals surface area contributed by atoms with E-state index in [1.807, 2.05) is 12.1 Å². The van der Waals surface area contributed by atoms with Crippen LogP contribution in [0, 0.1) is 13.8 Å². The molecule has 1 aromatic heterocycles. The molecule has 0 saturated carbocycles. The summed E-state index contributed by atoms with van der Waals surface area (Å²) in [6, 6.07) is 8.15. The van der Waals surface area contributed by atoms with Gasteiger partial charge in [0.05, 0.1) is 13.7 Å². The van der Waals surface area contributed by atoms with Crippen molar-refractivity contribution >= 4 is 0 Å². The zero-order valence-electron chi connectivity index (χ0n) is 11.1. The molecule has 0 unspecified atom stereocenters. The zero-order valence-corrected chi connectivity index (χ0v) is 11.1. The Morgan fingerprint density at radius 1 is 1.17 bits per heavy atom. The van der Waals surface area contributed by atoms with Crippen LogP contribution in [0.25, 0.3) is 0 Å². The predicted molar refractivity (Wildman–Crippen MR) is 71.9 cm³/mol. The van der Waals surface area contributed by atoms with Gasteiger partial charge in [-0.15, -0.1) is 0 Å². The third-order valence-corrected chi connectivity index (χ3v) is 2.98. The smallest absolute Gasteiger partial charge is 0.125 e. The first kappa shape index (κ1) is 12.7. The molecule has 2 rings (SSSR count). The van der Waals surface area contributed by atoms with Gasteiger partial charge in [-0.25, -0.2) is 0 Å². The summed E-state index contributed by atoms with van der Waals surface area (Å²) in [5.74, 6) is 2.67. The van der Waals surface area contributed by atoms with E-state index < -0.39 is 0 Å². The fourth-order valence-electron chi connectivity index (χ4n) is 2.28. The summed E-state index contributed by atoms with van der Waals surface area (Å²) in [6.45, 7) is 4.58. The van der Waals surface area contributed by atoms with Crippen molar-refractivity contribution in [1.82, 2.24) is 0 Å². The van der Waals surface area contributed by atoms with Crippen LogP contribution in [-0.2, 0) is 13.0 Å². The summed E-state index contributed by atoms with van der Waals surface area (Å²) < 4.78 is 11.1. The molecule has 0 radical (unpaired) electrons. The number of hydrogen-bond donors (Lipinski definition) is 1. The van der Waals surface area contributed by atoms with Gasteiger partial charge in [-0.2, -0.15) is 0 Å². The Morgan fingerprint density at radius 2 is 1.89 bits per heavy atom. The second-order valence-electron chi connectivity index (χ2n) is 4.52. The molecule has 18 heavy (non-hydrogen) atoms. The van der Waals surface area contributed by atoms with Crippen LogP contribution in [0.15, 0.2) is 28.7 Å². The molecule has 0 aliphatic rings. The number of benzene rings is 1. The van der Waals surface area contributed by atoms with E-state index in [2.05, 4.69) is 26.0 Å².